The summed E-state index contributed by atoms with van der Waals surface area (Å²) in [5.74, 6) is 0.630. The van der Waals surface area contributed by atoms with E-state index in [-0.39, 0.29) is 5.92 Å². The van der Waals surface area contributed by atoms with E-state index in [9.17, 15) is 0 Å². The van der Waals surface area contributed by atoms with Gasteiger partial charge in [-0.25, -0.2) is 0 Å². The number of alkyl halides is 2. The molecule has 0 saturated carbocycles. The van der Waals surface area contributed by atoms with Crippen LogP contribution in [0.15, 0.2) is 48.5 Å². The van der Waals surface area contributed by atoms with E-state index in [1.54, 1.807) is 7.11 Å². The number of rotatable bonds is 4. The van der Waals surface area contributed by atoms with Crippen LogP contribution in [0.3, 0.4) is 0 Å². The van der Waals surface area contributed by atoms with Gasteiger partial charge in [-0.3, -0.25) is 0 Å². The van der Waals surface area contributed by atoms with Crippen LogP contribution in [0.5, 0.6) is 5.75 Å². The molecule has 1 nitrogen and oxygen atoms in total. The normalized spacial score (nSPS) is 12.5. The highest BCUT2D eigenvalue weighted by molar-refractivity contribution is 6.45. The monoisotopic (exact) mass is 314 g/mol. The molecule has 0 unspecified atom stereocenters. The Morgan fingerprint density at radius 3 is 2.11 bits per heavy atom. The molecule has 1 atom stereocenters. The summed E-state index contributed by atoms with van der Waals surface area (Å²) in [7, 11) is 1.63. The fourth-order valence-corrected chi connectivity index (χ4v) is 2.82. The lowest BCUT2D eigenvalue weighted by atomic mass is 9.92. The van der Waals surface area contributed by atoms with Crippen LogP contribution in [-0.4, -0.2) is 11.9 Å². The van der Waals surface area contributed by atoms with E-state index >= 15 is 0 Å². The lowest BCUT2D eigenvalue weighted by Crippen LogP contribution is -2.09. The number of methoxy groups -OCH3 is 1. The quantitative estimate of drug-likeness (QED) is 0.697. The molecule has 0 aliphatic rings. The Hall–Kier alpha value is -0.890. The lowest BCUT2D eigenvalue weighted by molar-refractivity contribution is 0.414. The highest BCUT2D eigenvalue weighted by Gasteiger charge is 2.23. The molecular formula is C15H13Cl3O. The van der Waals surface area contributed by atoms with Crippen LogP contribution < -0.4 is 4.74 Å². The van der Waals surface area contributed by atoms with Crippen molar-refractivity contribution in [1.82, 2.24) is 0 Å². The van der Waals surface area contributed by atoms with E-state index in [4.69, 9.17) is 39.5 Å². The fourth-order valence-electron chi connectivity index (χ4n) is 2.00. The summed E-state index contributed by atoms with van der Waals surface area (Å²) < 4.78 is 5.15. The van der Waals surface area contributed by atoms with Crippen LogP contribution in [0.2, 0.25) is 5.02 Å². The van der Waals surface area contributed by atoms with Gasteiger partial charge in [-0.05, 0) is 29.3 Å². The van der Waals surface area contributed by atoms with Gasteiger partial charge >= 0.3 is 0 Å². The number of halogens is 3. The van der Waals surface area contributed by atoms with Crippen LogP contribution in [-0.2, 0) is 0 Å². The molecule has 0 aromatic heterocycles. The van der Waals surface area contributed by atoms with Crippen molar-refractivity contribution in [1.29, 1.82) is 0 Å². The van der Waals surface area contributed by atoms with Crippen molar-refractivity contribution in [3.8, 4) is 5.75 Å². The summed E-state index contributed by atoms with van der Waals surface area (Å²) in [6.45, 7) is 0. The van der Waals surface area contributed by atoms with Gasteiger partial charge in [0.2, 0.25) is 0 Å². The minimum atomic E-state index is -0.576. The number of benzene rings is 2. The molecule has 2 aromatic rings. The predicted octanol–water partition coefficient (Wildman–Crippen LogP) is 5.28. The first kappa shape index (κ1) is 14.5. The predicted molar refractivity (Wildman–Crippen MR) is 81.8 cm³/mol. The van der Waals surface area contributed by atoms with Crippen LogP contribution in [0.4, 0.5) is 0 Å². The zero-order chi connectivity index (χ0) is 13.8. The molecule has 0 N–H and O–H groups in total. The second-order valence-corrected chi connectivity index (χ2v) is 5.68. The van der Waals surface area contributed by atoms with Gasteiger partial charge in [-0.2, -0.15) is 0 Å². The maximum absolute atomic E-state index is 6.23. The number of hydrogen-bond donors (Lipinski definition) is 0. The Morgan fingerprint density at radius 1 is 0.947 bits per heavy atom. The van der Waals surface area contributed by atoms with Gasteiger partial charge in [-0.15, -0.1) is 23.2 Å². The highest BCUT2D eigenvalue weighted by atomic mass is 35.5. The lowest BCUT2D eigenvalue weighted by Gasteiger charge is -2.20. The zero-order valence-corrected chi connectivity index (χ0v) is 12.6. The highest BCUT2D eigenvalue weighted by Crippen LogP contribution is 2.37. The second-order valence-electron chi connectivity index (χ2n) is 4.11. The van der Waals surface area contributed by atoms with Gasteiger partial charge in [0, 0.05) is 10.9 Å². The third kappa shape index (κ3) is 3.36. The van der Waals surface area contributed by atoms with Crippen LogP contribution in [0.25, 0.3) is 0 Å². The first-order valence-electron chi connectivity index (χ1n) is 5.80. The molecule has 100 valence electrons. The molecule has 0 bridgehead atoms. The molecule has 0 spiro atoms. The Labute approximate surface area is 128 Å². The standard InChI is InChI=1S/C15H13Cl3O/c1-19-11-8-6-10(7-9-11)14(15(17)18)12-4-2-3-5-13(12)16/h2-9,14-15H,1H3/t14-/m1/s1. The van der Waals surface area contributed by atoms with Crippen LogP contribution in [0.1, 0.15) is 17.0 Å². The molecule has 2 rings (SSSR count). The molecule has 0 amide bonds. The maximum atomic E-state index is 6.23. The molecule has 0 saturated heterocycles. The van der Waals surface area contributed by atoms with Gasteiger partial charge in [0.15, 0.2) is 0 Å². The molecule has 19 heavy (non-hydrogen) atoms. The Balaban J connectivity index is 2.43. The van der Waals surface area contributed by atoms with Crippen molar-refractivity contribution >= 4 is 34.8 Å². The van der Waals surface area contributed by atoms with Crippen LogP contribution in [0, 0.1) is 0 Å². The summed E-state index contributed by atoms with van der Waals surface area (Å²) in [6.07, 6.45) is 0. The van der Waals surface area contributed by atoms with Crippen molar-refractivity contribution in [2.75, 3.05) is 7.11 Å². The summed E-state index contributed by atoms with van der Waals surface area (Å²) in [6, 6.07) is 15.3. The van der Waals surface area contributed by atoms with E-state index in [2.05, 4.69) is 0 Å². The smallest absolute Gasteiger partial charge is 0.118 e. The molecule has 0 aliphatic heterocycles. The van der Waals surface area contributed by atoms with Crippen molar-refractivity contribution in [3.05, 3.63) is 64.7 Å². The molecule has 4 heteroatoms. The molecular weight excluding hydrogens is 303 g/mol. The summed E-state index contributed by atoms with van der Waals surface area (Å²) in [5.41, 5.74) is 1.92. The van der Waals surface area contributed by atoms with Crippen molar-refractivity contribution in [3.63, 3.8) is 0 Å². The Kier molecular flexibility index (Phi) is 4.98. The molecule has 0 heterocycles. The minimum Gasteiger partial charge on any atom is -0.497 e. The number of ether oxygens (including phenoxy) is 1. The van der Waals surface area contributed by atoms with E-state index in [1.807, 2.05) is 48.5 Å². The minimum absolute atomic E-state index is 0.164. The van der Waals surface area contributed by atoms with E-state index in [0.717, 1.165) is 16.9 Å². The van der Waals surface area contributed by atoms with E-state index in [1.165, 1.54) is 0 Å². The Bertz CT molecular complexity index is 537. The average molecular weight is 316 g/mol. The zero-order valence-electron chi connectivity index (χ0n) is 10.3. The van der Waals surface area contributed by atoms with Gasteiger partial charge < -0.3 is 4.74 Å². The van der Waals surface area contributed by atoms with Crippen LogP contribution >= 0.6 is 34.8 Å². The summed E-state index contributed by atoms with van der Waals surface area (Å²) >= 11 is 18.5. The van der Waals surface area contributed by atoms with E-state index < -0.39 is 4.84 Å². The molecule has 0 aliphatic carbocycles. The second kappa shape index (κ2) is 6.51. The van der Waals surface area contributed by atoms with Gasteiger partial charge in [0.25, 0.3) is 0 Å². The van der Waals surface area contributed by atoms with Gasteiger partial charge in [-0.1, -0.05) is 41.9 Å². The molecule has 0 radical (unpaired) electrons. The summed E-state index contributed by atoms with van der Waals surface area (Å²) in [5, 5.41) is 0.662. The first-order valence-corrected chi connectivity index (χ1v) is 7.05. The SMILES string of the molecule is COc1ccc([C@H](c2ccccc2Cl)C(Cl)Cl)cc1. The average Bonchev–Trinajstić information content (AvgIpc) is 2.42. The first-order chi connectivity index (χ1) is 9.13. The summed E-state index contributed by atoms with van der Waals surface area (Å²) in [4.78, 5) is -0.576. The van der Waals surface area contributed by atoms with Gasteiger partial charge in [0.05, 0.1) is 7.11 Å². The topological polar surface area (TPSA) is 9.23 Å². The Morgan fingerprint density at radius 2 is 1.58 bits per heavy atom. The number of hydrogen-bond acceptors (Lipinski definition) is 1. The van der Waals surface area contributed by atoms with E-state index in [0.29, 0.717) is 5.02 Å². The third-order valence-electron chi connectivity index (χ3n) is 2.97. The fraction of sp³-hybridized carbons (Fsp3) is 0.200. The maximum Gasteiger partial charge on any atom is 0.118 e. The molecule has 2 aromatic carbocycles. The van der Waals surface area contributed by atoms with Crippen molar-refractivity contribution in [2.45, 2.75) is 10.8 Å². The molecule has 0 fully saturated rings. The van der Waals surface area contributed by atoms with Crippen molar-refractivity contribution < 1.29 is 4.74 Å². The van der Waals surface area contributed by atoms with Crippen molar-refractivity contribution in [2.24, 2.45) is 0 Å². The third-order valence-corrected chi connectivity index (χ3v) is 3.82. The largest absolute Gasteiger partial charge is 0.497 e. The van der Waals surface area contributed by atoms with Gasteiger partial charge in [0.1, 0.15) is 10.6 Å².